The maximum Gasteiger partial charge on any atom is 0.191 e. The summed E-state index contributed by atoms with van der Waals surface area (Å²) in [6.07, 6.45) is 1.70. The molecule has 1 aromatic carbocycles. The quantitative estimate of drug-likeness (QED) is 0.859. The predicted molar refractivity (Wildman–Crippen MR) is 74.4 cm³/mol. The van der Waals surface area contributed by atoms with Gasteiger partial charge >= 0.3 is 0 Å². The molecule has 2 N–H and O–H groups in total. The van der Waals surface area contributed by atoms with Crippen LogP contribution in [0.2, 0.25) is 0 Å². The summed E-state index contributed by atoms with van der Waals surface area (Å²) in [5.41, 5.74) is 8.58. The molecule has 96 valence electrons. The van der Waals surface area contributed by atoms with E-state index >= 15 is 0 Å². The van der Waals surface area contributed by atoms with Gasteiger partial charge in [-0.15, -0.1) is 10.2 Å². The lowest BCUT2D eigenvalue weighted by molar-refractivity contribution is 0.709. The highest BCUT2D eigenvalue weighted by molar-refractivity contribution is 7.99. The number of hydrogen-bond acceptors (Lipinski definition) is 4. The van der Waals surface area contributed by atoms with Crippen LogP contribution in [0.5, 0.6) is 0 Å². The number of rotatable bonds is 4. The third-order valence-electron chi connectivity index (χ3n) is 2.79. The summed E-state index contributed by atoms with van der Waals surface area (Å²) >= 11 is 1.65. The van der Waals surface area contributed by atoms with Crippen molar-refractivity contribution in [3.05, 3.63) is 41.7 Å². The molecule has 0 spiro atoms. The Kier molecular flexibility index (Phi) is 4.04. The number of aromatic nitrogens is 3. The van der Waals surface area contributed by atoms with Crippen LogP contribution in [-0.4, -0.2) is 20.8 Å². The molecule has 1 heterocycles. The van der Waals surface area contributed by atoms with E-state index in [9.17, 15) is 0 Å². The summed E-state index contributed by atoms with van der Waals surface area (Å²) < 4.78 is 1.91. The molecule has 0 fully saturated rings. The maximum atomic E-state index is 6.10. The Morgan fingerprint density at radius 1 is 1.28 bits per heavy atom. The van der Waals surface area contributed by atoms with Crippen LogP contribution in [-0.2, 0) is 7.05 Å². The maximum absolute atomic E-state index is 6.10. The molecule has 0 amide bonds. The monoisotopic (exact) mass is 262 g/mol. The molecular formula is C13H18N4S. The zero-order valence-corrected chi connectivity index (χ0v) is 11.7. The lowest BCUT2D eigenvalue weighted by Gasteiger charge is -2.20. The summed E-state index contributed by atoms with van der Waals surface area (Å²) in [6, 6.07) is 8.54. The fraction of sp³-hybridized carbons (Fsp3) is 0.385. The van der Waals surface area contributed by atoms with Crippen molar-refractivity contribution in [1.29, 1.82) is 0 Å². The van der Waals surface area contributed by atoms with Crippen LogP contribution >= 0.6 is 11.8 Å². The van der Waals surface area contributed by atoms with Crippen molar-refractivity contribution in [2.24, 2.45) is 12.8 Å². The normalized spacial score (nSPS) is 14.4. The summed E-state index contributed by atoms with van der Waals surface area (Å²) in [5.74, 6) is 0. The number of aryl methyl sites for hydroxylation is 2. The topological polar surface area (TPSA) is 56.7 Å². The van der Waals surface area contributed by atoms with Gasteiger partial charge in [-0.05, 0) is 19.4 Å². The summed E-state index contributed by atoms with van der Waals surface area (Å²) in [4.78, 5) is 0. The van der Waals surface area contributed by atoms with Gasteiger partial charge in [-0.25, -0.2) is 0 Å². The molecule has 2 aromatic rings. The van der Waals surface area contributed by atoms with E-state index in [-0.39, 0.29) is 11.3 Å². The van der Waals surface area contributed by atoms with Crippen LogP contribution in [0.4, 0.5) is 0 Å². The van der Waals surface area contributed by atoms with Gasteiger partial charge < -0.3 is 10.3 Å². The third-order valence-corrected chi connectivity index (χ3v) is 4.32. The Bertz CT molecular complexity index is 504. The van der Waals surface area contributed by atoms with E-state index in [1.165, 1.54) is 11.1 Å². The SMILES string of the molecule is Cc1ccc(C(Sc2nncn2C)C(C)N)cc1. The van der Waals surface area contributed by atoms with Crippen LogP contribution in [0, 0.1) is 6.92 Å². The van der Waals surface area contributed by atoms with Crippen molar-refractivity contribution >= 4 is 11.8 Å². The Morgan fingerprint density at radius 2 is 1.94 bits per heavy atom. The molecule has 1 aromatic heterocycles. The molecule has 5 heteroatoms. The Labute approximate surface area is 112 Å². The van der Waals surface area contributed by atoms with E-state index in [0.29, 0.717) is 0 Å². The average Bonchev–Trinajstić information content (AvgIpc) is 2.73. The molecular weight excluding hydrogens is 244 g/mol. The second-order valence-electron chi connectivity index (χ2n) is 4.53. The predicted octanol–water partition coefficient (Wildman–Crippen LogP) is 2.30. The molecule has 18 heavy (non-hydrogen) atoms. The van der Waals surface area contributed by atoms with Crippen molar-refractivity contribution in [2.45, 2.75) is 30.3 Å². The van der Waals surface area contributed by atoms with Gasteiger partial charge in [0.15, 0.2) is 5.16 Å². The summed E-state index contributed by atoms with van der Waals surface area (Å²) in [7, 11) is 1.94. The number of hydrogen-bond donors (Lipinski definition) is 1. The highest BCUT2D eigenvalue weighted by Crippen LogP contribution is 2.35. The summed E-state index contributed by atoms with van der Waals surface area (Å²) in [5, 5.41) is 9.07. The summed E-state index contributed by atoms with van der Waals surface area (Å²) in [6.45, 7) is 4.11. The zero-order valence-electron chi connectivity index (χ0n) is 10.9. The van der Waals surface area contributed by atoms with Crippen LogP contribution in [0.15, 0.2) is 35.7 Å². The molecule has 0 radical (unpaired) electrons. The van der Waals surface area contributed by atoms with Gasteiger partial charge in [0, 0.05) is 13.1 Å². The number of nitrogens with two attached hydrogens (primary N) is 1. The number of benzene rings is 1. The molecule has 0 aliphatic heterocycles. The first-order valence-corrected chi connectivity index (χ1v) is 6.78. The first-order valence-electron chi connectivity index (χ1n) is 5.90. The van der Waals surface area contributed by atoms with Crippen molar-refractivity contribution in [3.8, 4) is 0 Å². The standard InChI is InChI=1S/C13H18N4S/c1-9-4-6-11(7-5-9)12(10(2)14)18-13-16-15-8-17(13)3/h4-8,10,12H,14H2,1-3H3. The first-order chi connectivity index (χ1) is 8.58. The average molecular weight is 262 g/mol. The largest absolute Gasteiger partial charge is 0.327 e. The second-order valence-corrected chi connectivity index (χ2v) is 5.64. The highest BCUT2D eigenvalue weighted by Gasteiger charge is 2.19. The van der Waals surface area contributed by atoms with Crippen LogP contribution < -0.4 is 5.73 Å². The smallest absolute Gasteiger partial charge is 0.191 e. The fourth-order valence-electron chi connectivity index (χ4n) is 1.73. The fourth-order valence-corrected chi connectivity index (χ4v) is 2.77. The van der Waals surface area contributed by atoms with Crippen LogP contribution in [0.1, 0.15) is 23.3 Å². The van der Waals surface area contributed by atoms with Gasteiger partial charge in [0.05, 0.1) is 5.25 Å². The van der Waals surface area contributed by atoms with Crippen LogP contribution in [0.3, 0.4) is 0 Å². The minimum absolute atomic E-state index is 0.0504. The van der Waals surface area contributed by atoms with E-state index in [1.807, 2.05) is 18.5 Å². The minimum atomic E-state index is 0.0504. The van der Waals surface area contributed by atoms with Gasteiger partial charge in [0.1, 0.15) is 6.33 Å². The van der Waals surface area contributed by atoms with E-state index in [2.05, 4.69) is 41.4 Å². The van der Waals surface area contributed by atoms with Gasteiger partial charge in [-0.1, -0.05) is 41.6 Å². The number of thioether (sulfide) groups is 1. The van der Waals surface area contributed by atoms with Crippen LogP contribution in [0.25, 0.3) is 0 Å². The molecule has 0 aliphatic carbocycles. The van der Waals surface area contributed by atoms with Gasteiger partial charge in [0.25, 0.3) is 0 Å². The second kappa shape index (κ2) is 5.54. The van der Waals surface area contributed by atoms with E-state index < -0.39 is 0 Å². The third kappa shape index (κ3) is 2.91. The zero-order chi connectivity index (χ0) is 13.1. The molecule has 0 bridgehead atoms. The lowest BCUT2D eigenvalue weighted by Crippen LogP contribution is -2.22. The molecule has 0 saturated heterocycles. The molecule has 2 rings (SSSR count). The molecule has 0 aliphatic rings. The molecule has 4 nitrogen and oxygen atoms in total. The lowest BCUT2D eigenvalue weighted by atomic mass is 10.1. The van der Waals surface area contributed by atoms with Crippen molar-refractivity contribution < 1.29 is 0 Å². The molecule has 0 saturated carbocycles. The highest BCUT2D eigenvalue weighted by atomic mass is 32.2. The first kappa shape index (κ1) is 13.1. The van der Waals surface area contributed by atoms with Gasteiger partial charge in [-0.3, -0.25) is 0 Å². The van der Waals surface area contributed by atoms with Crippen molar-refractivity contribution in [3.63, 3.8) is 0 Å². The number of nitrogens with zero attached hydrogens (tertiary/aromatic N) is 3. The van der Waals surface area contributed by atoms with Gasteiger partial charge in [-0.2, -0.15) is 0 Å². The molecule has 2 atom stereocenters. The van der Waals surface area contributed by atoms with Crippen molar-refractivity contribution in [2.75, 3.05) is 0 Å². The van der Waals surface area contributed by atoms with Crippen molar-refractivity contribution in [1.82, 2.24) is 14.8 Å². The molecule has 2 unspecified atom stereocenters. The van der Waals surface area contributed by atoms with E-state index in [0.717, 1.165) is 5.16 Å². The van der Waals surface area contributed by atoms with E-state index in [1.54, 1.807) is 18.1 Å². The minimum Gasteiger partial charge on any atom is -0.327 e. The Hall–Kier alpha value is -1.33. The Balaban J connectivity index is 2.24. The van der Waals surface area contributed by atoms with E-state index in [4.69, 9.17) is 5.73 Å². The Morgan fingerprint density at radius 3 is 2.44 bits per heavy atom. The van der Waals surface area contributed by atoms with Gasteiger partial charge in [0.2, 0.25) is 0 Å².